The minimum absolute atomic E-state index is 0.304. The van der Waals surface area contributed by atoms with Crippen molar-refractivity contribution in [3.8, 4) is 0 Å². The minimum Gasteiger partial charge on any atom is -0.378 e. The van der Waals surface area contributed by atoms with E-state index in [0.29, 0.717) is 27.9 Å². The van der Waals surface area contributed by atoms with Crippen molar-refractivity contribution in [3.05, 3.63) is 22.3 Å². The van der Waals surface area contributed by atoms with Crippen molar-refractivity contribution >= 4 is 29.0 Å². The Morgan fingerprint density at radius 1 is 1.56 bits per heavy atom. The molecule has 1 aromatic heterocycles. The van der Waals surface area contributed by atoms with E-state index < -0.39 is 0 Å². The maximum absolute atomic E-state index is 6.01. The highest BCUT2D eigenvalue weighted by atomic mass is 35.5. The first-order valence-electron chi connectivity index (χ1n) is 5.33. The van der Waals surface area contributed by atoms with Crippen LogP contribution in [0.5, 0.6) is 0 Å². The van der Waals surface area contributed by atoms with Gasteiger partial charge in [0.1, 0.15) is 5.82 Å². The number of anilines is 1. The van der Waals surface area contributed by atoms with Gasteiger partial charge in [0, 0.05) is 25.3 Å². The van der Waals surface area contributed by atoms with E-state index in [1.54, 1.807) is 12.3 Å². The number of ether oxygens (including phenoxy) is 1. The van der Waals surface area contributed by atoms with E-state index in [0.717, 1.165) is 19.6 Å². The zero-order valence-corrected chi connectivity index (χ0v) is 10.6. The van der Waals surface area contributed by atoms with Crippen LogP contribution in [0.25, 0.3) is 0 Å². The normalized spacial score (nSPS) is 24.7. The quantitative estimate of drug-likeness (QED) is 0.907. The number of hydrogen-bond acceptors (Lipinski definition) is 3. The molecular weight excluding hydrogens is 247 g/mol. The predicted octanol–water partition coefficient (Wildman–Crippen LogP) is 3.23. The fraction of sp³-hybridized carbons (Fsp3) is 0.545. The van der Waals surface area contributed by atoms with Gasteiger partial charge in [0.2, 0.25) is 0 Å². The summed E-state index contributed by atoms with van der Waals surface area (Å²) in [7, 11) is 0. The molecule has 5 heteroatoms. The van der Waals surface area contributed by atoms with Gasteiger partial charge in [0.25, 0.3) is 0 Å². The molecule has 1 aliphatic rings. The van der Waals surface area contributed by atoms with Crippen LogP contribution in [0.15, 0.2) is 12.3 Å². The predicted molar refractivity (Wildman–Crippen MR) is 66.3 cm³/mol. The lowest BCUT2D eigenvalue weighted by Gasteiger charge is -2.15. The molecule has 1 saturated heterocycles. The number of rotatable bonds is 3. The molecule has 2 unspecified atom stereocenters. The van der Waals surface area contributed by atoms with Crippen molar-refractivity contribution in [1.29, 1.82) is 0 Å². The molecule has 0 saturated carbocycles. The van der Waals surface area contributed by atoms with Gasteiger partial charge in [-0.05, 0) is 19.4 Å². The van der Waals surface area contributed by atoms with Crippen LogP contribution in [0.2, 0.25) is 10.0 Å². The molecule has 0 bridgehead atoms. The van der Waals surface area contributed by atoms with E-state index in [-0.39, 0.29) is 0 Å². The summed E-state index contributed by atoms with van der Waals surface area (Å²) in [4.78, 5) is 4.15. The Balaban J connectivity index is 1.94. The molecule has 2 heterocycles. The summed E-state index contributed by atoms with van der Waals surface area (Å²) in [6, 6.07) is 1.69. The summed E-state index contributed by atoms with van der Waals surface area (Å²) >= 11 is 11.8. The first-order chi connectivity index (χ1) is 7.66. The van der Waals surface area contributed by atoms with Crippen LogP contribution in [0, 0.1) is 5.92 Å². The smallest absolute Gasteiger partial charge is 0.144 e. The highest BCUT2D eigenvalue weighted by Gasteiger charge is 2.23. The van der Waals surface area contributed by atoms with Crippen molar-refractivity contribution in [2.75, 3.05) is 18.5 Å². The van der Waals surface area contributed by atoms with Gasteiger partial charge in [0.15, 0.2) is 0 Å². The molecule has 0 radical (unpaired) electrons. The Hall–Kier alpha value is -0.510. The van der Waals surface area contributed by atoms with Crippen LogP contribution in [-0.4, -0.2) is 24.2 Å². The van der Waals surface area contributed by atoms with Gasteiger partial charge in [-0.1, -0.05) is 23.2 Å². The Morgan fingerprint density at radius 3 is 3.00 bits per heavy atom. The van der Waals surface area contributed by atoms with Gasteiger partial charge in [-0.2, -0.15) is 0 Å². The van der Waals surface area contributed by atoms with Crippen LogP contribution in [0.1, 0.15) is 13.3 Å². The molecule has 3 nitrogen and oxygen atoms in total. The lowest BCUT2D eigenvalue weighted by molar-refractivity contribution is 0.108. The van der Waals surface area contributed by atoms with Gasteiger partial charge in [-0.15, -0.1) is 0 Å². The number of hydrogen-bond donors (Lipinski definition) is 1. The maximum atomic E-state index is 6.01. The molecule has 0 aliphatic carbocycles. The van der Waals surface area contributed by atoms with Crippen molar-refractivity contribution < 1.29 is 4.74 Å². The number of pyridine rings is 1. The average Bonchev–Trinajstić information content (AvgIpc) is 2.63. The number of nitrogens with zero attached hydrogens (tertiary/aromatic N) is 1. The van der Waals surface area contributed by atoms with E-state index in [4.69, 9.17) is 27.9 Å². The molecule has 1 fully saturated rings. The minimum atomic E-state index is 0.304. The Kier molecular flexibility index (Phi) is 3.90. The van der Waals surface area contributed by atoms with Crippen LogP contribution < -0.4 is 5.32 Å². The highest BCUT2D eigenvalue weighted by molar-refractivity contribution is 6.35. The third-order valence-electron chi connectivity index (χ3n) is 2.87. The molecule has 88 valence electrons. The summed E-state index contributed by atoms with van der Waals surface area (Å²) < 4.78 is 5.49. The fourth-order valence-corrected chi connectivity index (χ4v) is 2.26. The zero-order chi connectivity index (χ0) is 11.5. The summed E-state index contributed by atoms with van der Waals surface area (Å²) in [6.45, 7) is 3.76. The van der Waals surface area contributed by atoms with E-state index >= 15 is 0 Å². The van der Waals surface area contributed by atoms with Crippen LogP contribution in [-0.2, 0) is 4.74 Å². The maximum Gasteiger partial charge on any atom is 0.144 e. The lowest BCUT2D eigenvalue weighted by Crippen LogP contribution is -2.21. The average molecular weight is 261 g/mol. The fourth-order valence-electron chi connectivity index (χ4n) is 1.82. The number of aromatic nitrogens is 1. The second kappa shape index (κ2) is 5.21. The van der Waals surface area contributed by atoms with Crippen LogP contribution >= 0.6 is 23.2 Å². The Morgan fingerprint density at radius 2 is 2.38 bits per heavy atom. The van der Waals surface area contributed by atoms with E-state index in [9.17, 15) is 0 Å². The highest BCUT2D eigenvalue weighted by Crippen LogP contribution is 2.25. The first-order valence-corrected chi connectivity index (χ1v) is 6.09. The molecule has 0 amide bonds. The van der Waals surface area contributed by atoms with Gasteiger partial charge in [-0.3, -0.25) is 0 Å². The summed E-state index contributed by atoms with van der Waals surface area (Å²) in [6.07, 6.45) is 2.97. The van der Waals surface area contributed by atoms with Crippen molar-refractivity contribution in [2.24, 2.45) is 5.92 Å². The first kappa shape index (κ1) is 12.0. The molecular formula is C11H14Cl2N2O. The largest absolute Gasteiger partial charge is 0.378 e. The third kappa shape index (κ3) is 2.78. The molecule has 1 aliphatic heterocycles. The van der Waals surface area contributed by atoms with Gasteiger partial charge in [-0.25, -0.2) is 4.98 Å². The molecule has 2 atom stereocenters. The number of nitrogens with one attached hydrogen (secondary N) is 1. The van der Waals surface area contributed by atoms with Crippen molar-refractivity contribution in [1.82, 2.24) is 4.98 Å². The monoisotopic (exact) mass is 260 g/mol. The number of halogens is 2. The lowest BCUT2D eigenvalue weighted by atomic mass is 10.0. The van der Waals surface area contributed by atoms with Crippen molar-refractivity contribution in [3.63, 3.8) is 0 Å². The zero-order valence-electron chi connectivity index (χ0n) is 9.04. The molecule has 1 aromatic rings. The van der Waals surface area contributed by atoms with E-state index in [1.165, 1.54) is 0 Å². The Labute approximate surface area is 105 Å². The Bertz CT molecular complexity index is 373. The van der Waals surface area contributed by atoms with E-state index in [2.05, 4.69) is 17.2 Å². The van der Waals surface area contributed by atoms with Crippen LogP contribution in [0.3, 0.4) is 0 Å². The summed E-state index contributed by atoms with van der Waals surface area (Å²) in [5.74, 6) is 1.21. The van der Waals surface area contributed by atoms with Gasteiger partial charge < -0.3 is 10.1 Å². The molecule has 2 rings (SSSR count). The second-order valence-electron chi connectivity index (χ2n) is 3.99. The van der Waals surface area contributed by atoms with Crippen molar-refractivity contribution in [2.45, 2.75) is 19.4 Å². The molecule has 16 heavy (non-hydrogen) atoms. The standard InChI is InChI=1S/C11H14Cl2N2O/c1-7-8(2-3-16-7)5-14-11-10(13)4-9(12)6-15-11/h4,6-8H,2-3,5H2,1H3,(H,14,15). The SMILES string of the molecule is CC1OCCC1CNc1ncc(Cl)cc1Cl. The van der Waals surface area contributed by atoms with Gasteiger partial charge in [0.05, 0.1) is 16.1 Å². The summed E-state index contributed by atoms with van der Waals surface area (Å²) in [5.41, 5.74) is 0. The molecule has 1 N–H and O–H groups in total. The molecule has 0 spiro atoms. The van der Waals surface area contributed by atoms with Crippen LogP contribution in [0.4, 0.5) is 5.82 Å². The second-order valence-corrected chi connectivity index (χ2v) is 4.83. The van der Waals surface area contributed by atoms with E-state index in [1.807, 2.05) is 0 Å². The third-order valence-corrected chi connectivity index (χ3v) is 3.37. The molecule has 0 aromatic carbocycles. The topological polar surface area (TPSA) is 34.1 Å². The summed E-state index contributed by atoms with van der Waals surface area (Å²) in [5, 5.41) is 4.33. The van der Waals surface area contributed by atoms with Gasteiger partial charge >= 0.3 is 0 Å².